The number of anilines is 1. The zero-order valence-electron chi connectivity index (χ0n) is 14.0. The lowest BCUT2D eigenvalue weighted by Gasteiger charge is -2.02. The van der Waals surface area contributed by atoms with E-state index in [1.54, 1.807) is 24.5 Å². The maximum absolute atomic E-state index is 12.0. The van der Waals surface area contributed by atoms with E-state index in [0.29, 0.717) is 10.9 Å². The number of aryl methyl sites for hydroxylation is 1. The molecule has 1 aliphatic rings. The Morgan fingerprint density at radius 3 is 3.04 bits per heavy atom. The van der Waals surface area contributed by atoms with Gasteiger partial charge in [0.2, 0.25) is 12.7 Å². The summed E-state index contributed by atoms with van der Waals surface area (Å²) in [7, 11) is 0. The SMILES string of the molecule is Cc1nc(NC(=O)C=Cc2ccco2)sc1Cc1ccc2c(c1)OCO2. The average Bonchev–Trinajstić information content (AvgIpc) is 3.35. The minimum Gasteiger partial charge on any atom is -0.465 e. The summed E-state index contributed by atoms with van der Waals surface area (Å²) in [5, 5.41) is 3.36. The maximum atomic E-state index is 12.0. The Labute approximate surface area is 154 Å². The summed E-state index contributed by atoms with van der Waals surface area (Å²) < 4.78 is 15.9. The molecule has 1 aliphatic heterocycles. The van der Waals surface area contributed by atoms with Gasteiger partial charge in [0.15, 0.2) is 16.6 Å². The lowest BCUT2D eigenvalue weighted by atomic mass is 10.1. The average molecular weight is 368 g/mol. The standard InChI is InChI=1S/C19H16N2O4S/c1-12-17(10-13-4-6-15-16(9-13)25-11-24-15)26-19(20-12)21-18(22)7-5-14-3-2-8-23-14/h2-9H,10-11H2,1H3,(H,20,21,22). The van der Waals surface area contributed by atoms with Gasteiger partial charge < -0.3 is 13.9 Å². The second-order valence-electron chi connectivity index (χ2n) is 5.73. The number of furan rings is 1. The van der Waals surface area contributed by atoms with Gasteiger partial charge in [-0.1, -0.05) is 6.07 Å². The molecular formula is C19H16N2O4S. The van der Waals surface area contributed by atoms with Crippen LogP contribution in [-0.4, -0.2) is 17.7 Å². The van der Waals surface area contributed by atoms with E-state index in [0.717, 1.165) is 34.1 Å². The first kappa shape index (κ1) is 16.4. The Morgan fingerprint density at radius 2 is 2.19 bits per heavy atom. The molecule has 26 heavy (non-hydrogen) atoms. The number of benzene rings is 1. The van der Waals surface area contributed by atoms with Crippen molar-refractivity contribution in [1.82, 2.24) is 4.98 Å². The Bertz CT molecular complexity index is 960. The van der Waals surface area contributed by atoms with Crippen LogP contribution in [-0.2, 0) is 11.2 Å². The molecular weight excluding hydrogens is 352 g/mol. The normalized spacial score (nSPS) is 12.7. The van der Waals surface area contributed by atoms with Crippen LogP contribution in [0.4, 0.5) is 5.13 Å². The van der Waals surface area contributed by atoms with Crippen molar-refractivity contribution < 1.29 is 18.7 Å². The molecule has 6 nitrogen and oxygen atoms in total. The molecule has 1 N–H and O–H groups in total. The summed E-state index contributed by atoms with van der Waals surface area (Å²) in [6.45, 7) is 2.20. The van der Waals surface area contributed by atoms with Crippen LogP contribution < -0.4 is 14.8 Å². The van der Waals surface area contributed by atoms with Crippen LogP contribution in [0, 0.1) is 6.92 Å². The van der Waals surface area contributed by atoms with Gasteiger partial charge in [0, 0.05) is 17.4 Å². The van der Waals surface area contributed by atoms with Crippen LogP contribution in [0.25, 0.3) is 6.08 Å². The van der Waals surface area contributed by atoms with Gasteiger partial charge in [-0.05, 0) is 42.8 Å². The van der Waals surface area contributed by atoms with Crippen LogP contribution in [0.3, 0.4) is 0 Å². The van der Waals surface area contributed by atoms with E-state index < -0.39 is 0 Å². The minimum atomic E-state index is -0.246. The van der Waals surface area contributed by atoms with E-state index in [1.165, 1.54) is 17.4 Å². The van der Waals surface area contributed by atoms with Crippen LogP contribution in [0.2, 0.25) is 0 Å². The largest absolute Gasteiger partial charge is 0.465 e. The predicted molar refractivity (Wildman–Crippen MR) is 98.6 cm³/mol. The quantitative estimate of drug-likeness (QED) is 0.689. The molecule has 1 amide bonds. The fraction of sp³-hybridized carbons (Fsp3) is 0.158. The molecule has 7 heteroatoms. The molecule has 0 bridgehead atoms. The Balaban J connectivity index is 1.43. The van der Waals surface area contributed by atoms with Crippen molar-refractivity contribution in [2.45, 2.75) is 13.3 Å². The van der Waals surface area contributed by atoms with Gasteiger partial charge in [0.25, 0.3) is 0 Å². The zero-order chi connectivity index (χ0) is 17.9. The number of carbonyl (C=O) groups excluding carboxylic acids is 1. The highest BCUT2D eigenvalue weighted by Gasteiger charge is 2.15. The summed E-state index contributed by atoms with van der Waals surface area (Å²) in [4.78, 5) is 17.5. The van der Waals surface area contributed by atoms with Crippen LogP contribution >= 0.6 is 11.3 Å². The molecule has 0 spiro atoms. The topological polar surface area (TPSA) is 73.6 Å². The number of rotatable bonds is 5. The number of nitrogens with one attached hydrogen (secondary N) is 1. The number of aromatic nitrogens is 1. The summed E-state index contributed by atoms with van der Waals surface area (Å²) in [6, 6.07) is 9.45. The number of hydrogen-bond donors (Lipinski definition) is 1. The number of thiazole rings is 1. The molecule has 3 aromatic rings. The molecule has 0 fully saturated rings. The molecule has 3 heterocycles. The number of ether oxygens (including phenoxy) is 2. The molecule has 1 aromatic carbocycles. The second-order valence-corrected chi connectivity index (χ2v) is 6.81. The van der Waals surface area contributed by atoms with Crippen molar-refractivity contribution in [1.29, 1.82) is 0 Å². The van der Waals surface area contributed by atoms with Crippen molar-refractivity contribution in [3.05, 3.63) is 64.6 Å². The highest BCUT2D eigenvalue weighted by atomic mass is 32.1. The highest BCUT2D eigenvalue weighted by Crippen LogP contribution is 2.34. The molecule has 0 radical (unpaired) electrons. The van der Waals surface area contributed by atoms with Gasteiger partial charge in [0.05, 0.1) is 12.0 Å². The smallest absolute Gasteiger partial charge is 0.250 e. The second kappa shape index (κ2) is 7.05. The Kier molecular flexibility index (Phi) is 4.45. The molecule has 132 valence electrons. The zero-order valence-corrected chi connectivity index (χ0v) is 14.8. The molecule has 4 rings (SSSR count). The van der Waals surface area contributed by atoms with Crippen LogP contribution in [0.15, 0.2) is 47.1 Å². The third-order valence-corrected chi connectivity index (χ3v) is 4.94. The van der Waals surface area contributed by atoms with E-state index in [-0.39, 0.29) is 12.7 Å². The van der Waals surface area contributed by atoms with Gasteiger partial charge in [0.1, 0.15) is 5.76 Å². The van der Waals surface area contributed by atoms with Crippen LogP contribution in [0.1, 0.15) is 21.9 Å². The number of fused-ring (bicyclic) bond motifs is 1. The third-order valence-electron chi connectivity index (χ3n) is 3.87. The van der Waals surface area contributed by atoms with E-state index in [9.17, 15) is 4.79 Å². The van der Waals surface area contributed by atoms with Crippen molar-refractivity contribution in [2.75, 3.05) is 12.1 Å². The van der Waals surface area contributed by atoms with Crippen molar-refractivity contribution in [3.63, 3.8) is 0 Å². The van der Waals surface area contributed by atoms with E-state index >= 15 is 0 Å². The minimum absolute atomic E-state index is 0.246. The predicted octanol–water partition coefficient (Wildman–Crippen LogP) is 4.02. The monoisotopic (exact) mass is 368 g/mol. The lowest BCUT2D eigenvalue weighted by Crippen LogP contribution is -2.07. The molecule has 2 aromatic heterocycles. The molecule has 0 atom stereocenters. The highest BCUT2D eigenvalue weighted by molar-refractivity contribution is 7.15. The first-order chi connectivity index (χ1) is 12.7. The van der Waals surface area contributed by atoms with Crippen molar-refractivity contribution in [2.24, 2.45) is 0 Å². The molecule has 0 aliphatic carbocycles. The van der Waals surface area contributed by atoms with Gasteiger partial charge in [-0.15, -0.1) is 11.3 Å². The Morgan fingerprint density at radius 1 is 1.31 bits per heavy atom. The number of amides is 1. The Hall–Kier alpha value is -3.06. The maximum Gasteiger partial charge on any atom is 0.250 e. The van der Waals surface area contributed by atoms with E-state index in [1.807, 2.05) is 25.1 Å². The summed E-state index contributed by atoms with van der Waals surface area (Å²) in [5.41, 5.74) is 2.01. The van der Waals surface area contributed by atoms with Gasteiger partial charge in [-0.3, -0.25) is 10.1 Å². The summed E-state index contributed by atoms with van der Waals surface area (Å²) in [6.07, 6.45) is 5.32. The first-order valence-electron chi connectivity index (χ1n) is 8.05. The van der Waals surface area contributed by atoms with E-state index in [2.05, 4.69) is 10.3 Å². The molecule has 0 unspecified atom stereocenters. The third kappa shape index (κ3) is 3.62. The molecule has 0 saturated heterocycles. The fourth-order valence-corrected chi connectivity index (χ4v) is 3.57. The number of hydrogen-bond acceptors (Lipinski definition) is 6. The summed E-state index contributed by atoms with van der Waals surface area (Å²) >= 11 is 1.47. The van der Waals surface area contributed by atoms with Gasteiger partial charge in [-0.25, -0.2) is 4.98 Å². The van der Waals surface area contributed by atoms with Crippen molar-refractivity contribution in [3.8, 4) is 11.5 Å². The first-order valence-corrected chi connectivity index (χ1v) is 8.86. The van der Waals surface area contributed by atoms with Gasteiger partial charge >= 0.3 is 0 Å². The van der Waals surface area contributed by atoms with E-state index in [4.69, 9.17) is 13.9 Å². The molecule has 0 saturated carbocycles. The van der Waals surface area contributed by atoms with Crippen molar-refractivity contribution >= 4 is 28.5 Å². The number of nitrogens with zero attached hydrogens (tertiary/aromatic N) is 1. The fourth-order valence-electron chi connectivity index (χ4n) is 2.57. The van der Waals surface area contributed by atoms with Gasteiger partial charge in [-0.2, -0.15) is 0 Å². The van der Waals surface area contributed by atoms with Crippen LogP contribution in [0.5, 0.6) is 11.5 Å². The summed E-state index contributed by atoms with van der Waals surface area (Å²) in [5.74, 6) is 1.91. The number of carbonyl (C=O) groups is 1. The lowest BCUT2D eigenvalue weighted by molar-refractivity contribution is -0.111.